The van der Waals surface area contributed by atoms with Crippen LogP contribution in [0.1, 0.15) is 25.1 Å². The van der Waals surface area contributed by atoms with Crippen molar-refractivity contribution in [2.24, 2.45) is 0 Å². The minimum absolute atomic E-state index is 0.572. The maximum atomic E-state index is 6.05. The van der Waals surface area contributed by atoms with E-state index in [4.69, 9.17) is 11.6 Å². The molecule has 1 aromatic rings. The molecule has 2 rings (SSSR count). The van der Waals surface area contributed by atoms with Crippen LogP contribution in [-0.4, -0.2) is 34.6 Å². The highest BCUT2D eigenvalue weighted by molar-refractivity contribution is 8.07. The normalized spacial score (nSPS) is 25.4. The monoisotopic (exact) mass is 335 g/mol. The number of likely N-dealkylation sites (N-methyl/N-ethyl adjacent to an activating group) is 1. The first-order chi connectivity index (χ1) is 9.24. The number of thiophene rings is 1. The molecule has 0 saturated carbocycles. The van der Waals surface area contributed by atoms with Crippen LogP contribution in [0.5, 0.6) is 0 Å². The number of hydrogen-bond donors (Lipinski definition) is 1. The molecule has 0 spiro atoms. The Morgan fingerprint density at radius 2 is 2.11 bits per heavy atom. The van der Waals surface area contributed by atoms with Gasteiger partial charge in [-0.2, -0.15) is 23.5 Å². The number of halogens is 1. The number of rotatable bonds is 6. The van der Waals surface area contributed by atoms with E-state index in [1.807, 2.05) is 6.07 Å². The van der Waals surface area contributed by atoms with E-state index in [0.717, 1.165) is 27.8 Å². The summed E-state index contributed by atoms with van der Waals surface area (Å²) in [5.74, 6) is 2.60. The van der Waals surface area contributed by atoms with Gasteiger partial charge < -0.3 is 5.32 Å². The van der Waals surface area contributed by atoms with E-state index >= 15 is 0 Å². The molecule has 1 saturated heterocycles. The maximum absolute atomic E-state index is 6.05. The van der Waals surface area contributed by atoms with Crippen LogP contribution in [0.4, 0.5) is 0 Å². The Morgan fingerprint density at radius 1 is 1.32 bits per heavy atom. The summed E-state index contributed by atoms with van der Waals surface area (Å²) < 4.78 is 0.906. The fraction of sp³-hybridized carbons (Fsp3) is 0.714. The third-order valence-corrected chi connectivity index (χ3v) is 8.07. The summed E-state index contributed by atoms with van der Waals surface area (Å²) in [6.45, 7) is 5.57. The van der Waals surface area contributed by atoms with Crippen LogP contribution in [-0.2, 0) is 6.42 Å². The van der Waals surface area contributed by atoms with E-state index in [1.165, 1.54) is 22.8 Å². The molecule has 1 N–H and O–H groups in total. The average molecular weight is 336 g/mol. The standard InChI is InChI=1S/C14H22ClNS3/c1-3-12-14(18-8-7-17-12)11(16-4-2)9-10-5-6-13(15)19-10/h5-6,11-12,14,16H,3-4,7-9H2,1-2H3. The Bertz CT molecular complexity index is 383. The van der Waals surface area contributed by atoms with Gasteiger partial charge in [0.05, 0.1) is 4.34 Å². The zero-order valence-corrected chi connectivity index (χ0v) is 14.7. The molecule has 0 amide bonds. The Morgan fingerprint density at radius 3 is 2.74 bits per heavy atom. The minimum Gasteiger partial charge on any atom is -0.313 e. The molecule has 3 unspecified atom stereocenters. The first-order valence-electron chi connectivity index (χ1n) is 6.95. The highest BCUT2D eigenvalue weighted by Gasteiger charge is 2.31. The van der Waals surface area contributed by atoms with Gasteiger partial charge in [-0.05, 0) is 31.5 Å². The second-order valence-electron chi connectivity index (χ2n) is 4.73. The predicted molar refractivity (Wildman–Crippen MR) is 93.3 cm³/mol. The van der Waals surface area contributed by atoms with Crippen LogP contribution in [0.25, 0.3) is 0 Å². The zero-order chi connectivity index (χ0) is 13.7. The Balaban J connectivity index is 2.05. The lowest BCUT2D eigenvalue weighted by Gasteiger charge is -2.36. The van der Waals surface area contributed by atoms with E-state index in [-0.39, 0.29) is 0 Å². The molecule has 0 radical (unpaired) electrons. The van der Waals surface area contributed by atoms with Gasteiger partial charge in [0, 0.05) is 32.9 Å². The van der Waals surface area contributed by atoms with Crippen molar-refractivity contribution < 1.29 is 0 Å². The van der Waals surface area contributed by atoms with E-state index in [2.05, 4.69) is 48.8 Å². The van der Waals surface area contributed by atoms with Crippen molar-refractivity contribution in [3.63, 3.8) is 0 Å². The molecule has 1 nitrogen and oxygen atoms in total. The molecule has 3 atom stereocenters. The number of thioether (sulfide) groups is 2. The van der Waals surface area contributed by atoms with Crippen LogP contribution in [0.3, 0.4) is 0 Å². The lowest BCUT2D eigenvalue weighted by Crippen LogP contribution is -2.46. The van der Waals surface area contributed by atoms with Crippen molar-refractivity contribution in [2.45, 2.75) is 43.2 Å². The van der Waals surface area contributed by atoms with Crippen molar-refractivity contribution in [3.05, 3.63) is 21.3 Å². The molecular weight excluding hydrogens is 314 g/mol. The highest BCUT2D eigenvalue weighted by Crippen LogP contribution is 2.36. The summed E-state index contributed by atoms with van der Waals surface area (Å²) in [6, 6.07) is 4.77. The summed E-state index contributed by atoms with van der Waals surface area (Å²) in [4.78, 5) is 1.40. The van der Waals surface area contributed by atoms with Gasteiger partial charge in [-0.15, -0.1) is 11.3 Å². The highest BCUT2D eigenvalue weighted by atomic mass is 35.5. The summed E-state index contributed by atoms with van der Waals surface area (Å²) in [7, 11) is 0. The van der Waals surface area contributed by atoms with Gasteiger partial charge in [-0.3, -0.25) is 0 Å². The molecule has 0 aliphatic carbocycles. The topological polar surface area (TPSA) is 12.0 Å². The van der Waals surface area contributed by atoms with Gasteiger partial charge in [0.25, 0.3) is 0 Å². The molecule has 1 aromatic heterocycles. The predicted octanol–water partition coefficient (Wildman–Crippen LogP) is 4.55. The maximum Gasteiger partial charge on any atom is 0.0931 e. The lowest BCUT2D eigenvalue weighted by atomic mass is 10.0. The summed E-state index contributed by atoms with van der Waals surface area (Å²) in [5, 5.41) is 5.22. The van der Waals surface area contributed by atoms with E-state index in [9.17, 15) is 0 Å². The molecular formula is C14H22ClNS3. The summed E-state index contributed by atoms with van der Waals surface area (Å²) in [6.07, 6.45) is 2.38. The van der Waals surface area contributed by atoms with Gasteiger partial charge in [-0.1, -0.05) is 25.4 Å². The van der Waals surface area contributed by atoms with Crippen LogP contribution in [0, 0.1) is 0 Å². The molecule has 1 aliphatic rings. The summed E-state index contributed by atoms with van der Waals surface area (Å²) in [5.41, 5.74) is 0. The van der Waals surface area contributed by atoms with Gasteiger partial charge in [0.15, 0.2) is 0 Å². The number of nitrogens with one attached hydrogen (secondary N) is 1. The van der Waals surface area contributed by atoms with Crippen LogP contribution in [0.2, 0.25) is 4.34 Å². The van der Waals surface area contributed by atoms with Gasteiger partial charge in [0.1, 0.15) is 0 Å². The van der Waals surface area contributed by atoms with Crippen molar-refractivity contribution >= 4 is 46.5 Å². The molecule has 1 aliphatic heterocycles. The third-order valence-electron chi connectivity index (χ3n) is 3.41. The SMILES string of the molecule is CCNC(Cc1ccc(Cl)s1)C1SCCSC1CC. The van der Waals surface area contributed by atoms with Crippen molar-refractivity contribution in [3.8, 4) is 0 Å². The summed E-state index contributed by atoms with van der Waals surface area (Å²) >= 11 is 12.1. The molecule has 5 heteroatoms. The molecule has 1 fully saturated rings. The molecule has 0 aromatic carbocycles. The second-order valence-corrected chi connectivity index (χ2v) is 9.16. The van der Waals surface area contributed by atoms with Crippen LogP contribution < -0.4 is 5.32 Å². The number of hydrogen-bond acceptors (Lipinski definition) is 4. The zero-order valence-electron chi connectivity index (χ0n) is 11.5. The quantitative estimate of drug-likeness (QED) is 0.819. The van der Waals surface area contributed by atoms with Gasteiger partial charge in [-0.25, -0.2) is 0 Å². The van der Waals surface area contributed by atoms with Crippen LogP contribution >= 0.6 is 46.5 Å². The molecule has 19 heavy (non-hydrogen) atoms. The Hall–Kier alpha value is 0.650. The van der Waals surface area contributed by atoms with Crippen molar-refractivity contribution in [1.29, 1.82) is 0 Å². The molecule has 2 heterocycles. The largest absolute Gasteiger partial charge is 0.313 e. The lowest BCUT2D eigenvalue weighted by molar-refractivity contribution is 0.492. The molecule has 108 valence electrons. The fourth-order valence-corrected chi connectivity index (χ4v) is 6.96. The molecule has 0 bridgehead atoms. The van der Waals surface area contributed by atoms with E-state index in [1.54, 1.807) is 11.3 Å². The Labute approximate surface area is 134 Å². The second kappa shape index (κ2) is 8.18. The van der Waals surface area contributed by atoms with Crippen LogP contribution in [0.15, 0.2) is 12.1 Å². The van der Waals surface area contributed by atoms with Gasteiger partial charge >= 0.3 is 0 Å². The first-order valence-corrected chi connectivity index (χ1v) is 10.2. The fourth-order valence-electron chi connectivity index (χ4n) is 2.56. The Kier molecular flexibility index (Phi) is 6.90. The van der Waals surface area contributed by atoms with Crippen molar-refractivity contribution in [2.75, 3.05) is 18.1 Å². The third kappa shape index (κ3) is 4.57. The first kappa shape index (κ1) is 16.0. The van der Waals surface area contributed by atoms with Gasteiger partial charge in [0.2, 0.25) is 0 Å². The smallest absolute Gasteiger partial charge is 0.0931 e. The van der Waals surface area contributed by atoms with E-state index in [0.29, 0.717) is 6.04 Å². The van der Waals surface area contributed by atoms with Crippen molar-refractivity contribution in [1.82, 2.24) is 5.32 Å². The van der Waals surface area contributed by atoms with E-state index < -0.39 is 0 Å². The average Bonchev–Trinajstić information content (AvgIpc) is 2.84. The minimum atomic E-state index is 0.572.